The third kappa shape index (κ3) is 4.16. The van der Waals surface area contributed by atoms with Crippen molar-refractivity contribution < 1.29 is 14.7 Å². The Balaban J connectivity index is 2.75. The van der Waals surface area contributed by atoms with Crippen molar-refractivity contribution in [2.75, 3.05) is 18.4 Å². The van der Waals surface area contributed by atoms with Gasteiger partial charge in [-0.15, -0.1) is 0 Å². The lowest BCUT2D eigenvalue weighted by atomic mass is 10.2. The van der Waals surface area contributed by atoms with Gasteiger partial charge >= 0.3 is 5.97 Å². The maximum Gasteiger partial charge on any atom is 0.336 e. The molecule has 92 valence electrons. The molecule has 1 amide bonds. The zero-order valence-corrected chi connectivity index (χ0v) is 10.9. The lowest BCUT2D eigenvalue weighted by Gasteiger charge is -2.07. The molecule has 0 heterocycles. The van der Waals surface area contributed by atoms with Crippen molar-refractivity contribution in [2.45, 2.75) is 6.92 Å². The van der Waals surface area contributed by atoms with E-state index in [1.165, 1.54) is 6.07 Å². The number of amides is 1. The van der Waals surface area contributed by atoms with Gasteiger partial charge in [0, 0.05) is 10.2 Å². The number of carbonyl (C=O) groups is 2. The molecule has 0 spiro atoms. The van der Waals surface area contributed by atoms with Gasteiger partial charge in [-0.25, -0.2) is 4.79 Å². The van der Waals surface area contributed by atoms with Gasteiger partial charge in [-0.3, -0.25) is 4.79 Å². The van der Waals surface area contributed by atoms with Crippen LogP contribution in [0.15, 0.2) is 22.7 Å². The molecule has 6 heteroatoms. The van der Waals surface area contributed by atoms with Gasteiger partial charge < -0.3 is 15.7 Å². The molecule has 0 aliphatic heterocycles. The topological polar surface area (TPSA) is 78.4 Å². The van der Waals surface area contributed by atoms with Gasteiger partial charge in [0.25, 0.3) is 0 Å². The van der Waals surface area contributed by atoms with Crippen LogP contribution in [0.25, 0.3) is 0 Å². The van der Waals surface area contributed by atoms with Gasteiger partial charge in [0.2, 0.25) is 5.91 Å². The maximum atomic E-state index is 11.4. The number of anilines is 1. The monoisotopic (exact) mass is 300 g/mol. The number of carbonyl (C=O) groups excluding carboxylic acids is 1. The molecular weight excluding hydrogens is 288 g/mol. The van der Waals surface area contributed by atoms with Crippen LogP contribution >= 0.6 is 15.9 Å². The molecule has 1 aromatic rings. The normalized spacial score (nSPS) is 10.0. The van der Waals surface area contributed by atoms with E-state index in [9.17, 15) is 9.59 Å². The number of carboxylic acid groups (broad SMARTS) is 1. The Morgan fingerprint density at radius 2 is 2.12 bits per heavy atom. The number of aromatic carboxylic acids is 1. The lowest BCUT2D eigenvalue weighted by Crippen LogP contribution is -2.27. The fourth-order valence-corrected chi connectivity index (χ4v) is 1.63. The van der Waals surface area contributed by atoms with E-state index in [-0.39, 0.29) is 18.0 Å². The molecule has 0 aliphatic carbocycles. The van der Waals surface area contributed by atoms with E-state index in [1.54, 1.807) is 12.1 Å². The van der Waals surface area contributed by atoms with Crippen molar-refractivity contribution in [1.82, 2.24) is 5.32 Å². The summed E-state index contributed by atoms with van der Waals surface area (Å²) in [4.78, 5) is 22.3. The first kappa shape index (κ1) is 13.7. The van der Waals surface area contributed by atoms with E-state index in [0.29, 0.717) is 16.7 Å². The van der Waals surface area contributed by atoms with Gasteiger partial charge in [0.15, 0.2) is 0 Å². The minimum absolute atomic E-state index is 0.117. The summed E-state index contributed by atoms with van der Waals surface area (Å²) in [5.74, 6) is -1.25. The molecule has 1 aromatic carbocycles. The Morgan fingerprint density at radius 1 is 1.41 bits per heavy atom. The number of likely N-dealkylation sites (N-methyl/N-ethyl adjacent to an activating group) is 1. The summed E-state index contributed by atoms with van der Waals surface area (Å²) in [5.41, 5.74) is 0.583. The van der Waals surface area contributed by atoms with Crippen LogP contribution < -0.4 is 10.6 Å². The highest BCUT2D eigenvalue weighted by atomic mass is 79.9. The third-order valence-electron chi connectivity index (χ3n) is 2.02. The fourth-order valence-electron chi connectivity index (χ4n) is 1.21. The minimum Gasteiger partial charge on any atom is -0.478 e. The highest BCUT2D eigenvalue weighted by Gasteiger charge is 2.10. The molecule has 0 unspecified atom stereocenters. The van der Waals surface area contributed by atoms with Crippen molar-refractivity contribution in [2.24, 2.45) is 0 Å². The van der Waals surface area contributed by atoms with Crippen molar-refractivity contribution in [3.63, 3.8) is 0 Å². The molecule has 0 fully saturated rings. The van der Waals surface area contributed by atoms with Crippen molar-refractivity contribution >= 4 is 33.5 Å². The SMILES string of the molecule is CCNCC(=O)Nc1ccc(Br)c(C(=O)O)c1. The molecular formula is C11H13BrN2O3. The number of hydrogen-bond acceptors (Lipinski definition) is 3. The standard InChI is InChI=1S/C11H13BrN2O3/c1-2-13-6-10(15)14-7-3-4-9(12)8(5-7)11(16)17/h3-5,13H,2,6H2,1H3,(H,14,15)(H,16,17). The van der Waals surface area contributed by atoms with E-state index in [4.69, 9.17) is 5.11 Å². The first-order chi connectivity index (χ1) is 8.04. The Bertz CT molecular complexity index is 435. The quantitative estimate of drug-likeness (QED) is 0.773. The molecule has 0 saturated heterocycles. The fraction of sp³-hybridized carbons (Fsp3) is 0.273. The first-order valence-corrected chi connectivity index (χ1v) is 5.87. The Labute approximate surface area is 107 Å². The average molecular weight is 301 g/mol. The summed E-state index contributed by atoms with van der Waals surface area (Å²) in [7, 11) is 0. The predicted molar refractivity (Wildman–Crippen MR) is 68.3 cm³/mol. The Kier molecular flexibility index (Phi) is 5.11. The van der Waals surface area contributed by atoms with Crippen LogP contribution in [0.4, 0.5) is 5.69 Å². The second-order valence-electron chi connectivity index (χ2n) is 3.33. The molecule has 5 nitrogen and oxygen atoms in total. The van der Waals surface area contributed by atoms with Gasteiger partial charge in [0.1, 0.15) is 0 Å². The van der Waals surface area contributed by atoms with Crippen LogP contribution in [0.5, 0.6) is 0 Å². The minimum atomic E-state index is -1.04. The summed E-state index contributed by atoms with van der Waals surface area (Å²) in [6.07, 6.45) is 0. The molecule has 0 aromatic heterocycles. The highest BCUT2D eigenvalue weighted by Crippen LogP contribution is 2.21. The van der Waals surface area contributed by atoms with E-state index in [1.807, 2.05) is 6.92 Å². The van der Waals surface area contributed by atoms with Crippen LogP contribution in [-0.2, 0) is 4.79 Å². The summed E-state index contributed by atoms with van der Waals surface area (Å²) in [6, 6.07) is 4.64. The molecule has 0 saturated carbocycles. The number of rotatable bonds is 5. The molecule has 0 atom stereocenters. The summed E-state index contributed by atoms with van der Waals surface area (Å²) < 4.78 is 0.481. The molecule has 0 bridgehead atoms. The van der Waals surface area contributed by atoms with E-state index in [0.717, 1.165) is 0 Å². The zero-order valence-electron chi connectivity index (χ0n) is 9.29. The number of carboxylic acids is 1. The molecule has 0 aliphatic rings. The van der Waals surface area contributed by atoms with Crippen LogP contribution in [0.2, 0.25) is 0 Å². The smallest absolute Gasteiger partial charge is 0.336 e. The second kappa shape index (κ2) is 6.36. The predicted octanol–water partition coefficient (Wildman–Crippen LogP) is 1.70. The third-order valence-corrected chi connectivity index (χ3v) is 2.71. The van der Waals surface area contributed by atoms with Crippen molar-refractivity contribution in [3.8, 4) is 0 Å². The number of benzene rings is 1. The lowest BCUT2D eigenvalue weighted by molar-refractivity contribution is -0.115. The summed E-state index contributed by atoms with van der Waals surface area (Å²) in [6.45, 7) is 2.80. The largest absolute Gasteiger partial charge is 0.478 e. The molecule has 17 heavy (non-hydrogen) atoms. The maximum absolute atomic E-state index is 11.4. The van der Waals surface area contributed by atoms with Crippen LogP contribution in [0.1, 0.15) is 17.3 Å². The number of hydrogen-bond donors (Lipinski definition) is 3. The average Bonchev–Trinajstić information content (AvgIpc) is 2.28. The van der Waals surface area contributed by atoms with E-state index < -0.39 is 5.97 Å². The Hall–Kier alpha value is -1.40. The van der Waals surface area contributed by atoms with Gasteiger partial charge in [-0.1, -0.05) is 6.92 Å². The second-order valence-corrected chi connectivity index (χ2v) is 4.18. The number of halogens is 1. The molecule has 1 rings (SSSR count). The number of nitrogens with one attached hydrogen (secondary N) is 2. The van der Waals surface area contributed by atoms with Gasteiger partial charge in [-0.05, 0) is 40.7 Å². The highest BCUT2D eigenvalue weighted by molar-refractivity contribution is 9.10. The molecule has 0 radical (unpaired) electrons. The van der Waals surface area contributed by atoms with Gasteiger partial charge in [0.05, 0.1) is 12.1 Å². The van der Waals surface area contributed by atoms with E-state index >= 15 is 0 Å². The van der Waals surface area contributed by atoms with Crippen molar-refractivity contribution in [1.29, 1.82) is 0 Å². The van der Waals surface area contributed by atoms with Crippen LogP contribution in [-0.4, -0.2) is 30.1 Å². The van der Waals surface area contributed by atoms with Crippen molar-refractivity contribution in [3.05, 3.63) is 28.2 Å². The van der Waals surface area contributed by atoms with Crippen LogP contribution in [0, 0.1) is 0 Å². The van der Waals surface area contributed by atoms with E-state index in [2.05, 4.69) is 26.6 Å². The van der Waals surface area contributed by atoms with Gasteiger partial charge in [-0.2, -0.15) is 0 Å². The first-order valence-electron chi connectivity index (χ1n) is 5.08. The zero-order chi connectivity index (χ0) is 12.8. The van der Waals surface area contributed by atoms with Crippen LogP contribution in [0.3, 0.4) is 0 Å². The summed E-state index contributed by atoms with van der Waals surface area (Å²) >= 11 is 3.13. The summed E-state index contributed by atoms with van der Waals surface area (Å²) in [5, 5.41) is 14.4. The molecule has 3 N–H and O–H groups in total. The Morgan fingerprint density at radius 3 is 2.71 bits per heavy atom.